The fraction of sp³-hybridized carbons (Fsp3) is 0.125. The maximum absolute atomic E-state index is 13.0. The van der Waals surface area contributed by atoms with Crippen molar-refractivity contribution < 1.29 is 19.0 Å². The van der Waals surface area contributed by atoms with Crippen LogP contribution in [0.15, 0.2) is 12.1 Å². The van der Waals surface area contributed by atoms with Gasteiger partial charge < -0.3 is 9.84 Å². The zero-order valence-electron chi connectivity index (χ0n) is 6.67. The number of carbonyl (C=O) groups is 1. The van der Waals surface area contributed by atoms with E-state index < -0.39 is 11.8 Å². The minimum absolute atomic E-state index is 0.0556. The van der Waals surface area contributed by atoms with Gasteiger partial charge in [-0.3, -0.25) is 0 Å². The van der Waals surface area contributed by atoms with Crippen LogP contribution < -0.4 is 4.74 Å². The van der Waals surface area contributed by atoms with Crippen molar-refractivity contribution in [1.29, 1.82) is 0 Å². The molecule has 0 aliphatic carbocycles. The van der Waals surface area contributed by atoms with E-state index in [1.54, 1.807) is 0 Å². The van der Waals surface area contributed by atoms with Crippen LogP contribution in [0.5, 0.6) is 5.75 Å². The molecule has 0 aromatic heterocycles. The first-order chi connectivity index (χ1) is 6.06. The molecule has 0 atom stereocenters. The number of hydrogen-bond donors (Lipinski definition) is 1. The van der Waals surface area contributed by atoms with Crippen LogP contribution in [0.3, 0.4) is 0 Å². The van der Waals surface area contributed by atoms with Crippen LogP contribution in [0.25, 0.3) is 0 Å². The van der Waals surface area contributed by atoms with Crippen molar-refractivity contribution in [1.82, 2.24) is 0 Å². The van der Waals surface area contributed by atoms with Crippen LogP contribution in [-0.4, -0.2) is 18.2 Å². The normalized spacial score (nSPS) is 9.77. The summed E-state index contributed by atoms with van der Waals surface area (Å²) in [4.78, 5) is 10.4. The second kappa shape index (κ2) is 3.62. The fourth-order valence-corrected chi connectivity index (χ4v) is 1.16. The predicted octanol–water partition coefficient (Wildman–Crippen LogP) is 2.19. The topological polar surface area (TPSA) is 46.5 Å². The van der Waals surface area contributed by atoms with E-state index in [0.29, 0.717) is 0 Å². The van der Waals surface area contributed by atoms with Crippen molar-refractivity contribution in [2.45, 2.75) is 0 Å². The average Bonchev–Trinajstić information content (AvgIpc) is 2.03. The highest BCUT2D eigenvalue weighted by Gasteiger charge is 2.13. The average molecular weight is 205 g/mol. The first kappa shape index (κ1) is 9.80. The van der Waals surface area contributed by atoms with Crippen LogP contribution in [0.2, 0.25) is 5.02 Å². The van der Waals surface area contributed by atoms with E-state index in [4.69, 9.17) is 16.7 Å². The lowest BCUT2D eigenvalue weighted by atomic mass is 10.2. The molecule has 0 aliphatic rings. The van der Waals surface area contributed by atoms with Crippen molar-refractivity contribution in [3.8, 4) is 5.75 Å². The van der Waals surface area contributed by atoms with Crippen LogP contribution in [0, 0.1) is 5.82 Å². The molecule has 3 nitrogen and oxygen atoms in total. The summed E-state index contributed by atoms with van der Waals surface area (Å²) in [5.74, 6) is -2.16. The number of carboxylic acids is 1. The van der Waals surface area contributed by atoms with Crippen molar-refractivity contribution in [2.75, 3.05) is 7.11 Å². The van der Waals surface area contributed by atoms with Gasteiger partial charge in [-0.25, -0.2) is 9.18 Å². The lowest BCUT2D eigenvalue weighted by molar-refractivity contribution is 0.0696. The van der Waals surface area contributed by atoms with Crippen LogP contribution in [-0.2, 0) is 0 Å². The molecule has 13 heavy (non-hydrogen) atoms. The number of hydrogen-bond acceptors (Lipinski definition) is 2. The summed E-state index contributed by atoms with van der Waals surface area (Å²) in [5, 5.41) is 8.48. The van der Waals surface area contributed by atoms with Gasteiger partial charge in [0.15, 0.2) is 11.6 Å². The zero-order chi connectivity index (χ0) is 10.0. The molecule has 0 radical (unpaired) electrons. The van der Waals surface area contributed by atoms with Gasteiger partial charge in [-0.05, 0) is 12.1 Å². The molecule has 0 saturated carbocycles. The van der Waals surface area contributed by atoms with E-state index in [2.05, 4.69) is 4.74 Å². The standard InChI is InChI=1S/C8H6ClFO3/c1-13-7-5(9)2-4(8(11)12)3-6(7)10/h2-3H,1H3,(H,11,12). The van der Waals surface area contributed by atoms with Gasteiger partial charge in [0.25, 0.3) is 0 Å². The molecule has 0 unspecified atom stereocenters. The van der Waals surface area contributed by atoms with Gasteiger partial charge in [-0.15, -0.1) is 0 Å². The van der Waals surface area contributed by atoms with Crippen LogP contribution >= 0.6 is 11.6 Å². The largest absolute Gasteiger partial charge is 0.492 e. The quantitative estimate of drug-likeness (QED) is 0.803. The van der Waals surface area contributed by atoms with Gasteiger partial charge in [0.05, 0.1) is 17.7 Å². The highest BCUT2D eigenvalue weighted by molar-refractivity contribution is 6.32. The summed E-state index contributed by atoms with van der Waals surface area (Å²) in [7, 11) is 1.25. The maximum Gasteiger partial charge on any atom is 0.335 e. The molecule has 0 saturated heterocycles. The Morgan fingerprint density at radius 3 is 2.62 bits per heavy atom. The Kier molecular flexibility index (Phi) is 2.72. The third-order valence-corrected chi connectivity index (χ3v) is 1.73. The van der Waals surface area contributed by atoms with Crippen molar-refractivity contribution >= 4 is 17.6 Å². The van der Waals surface area contributed by atoms with E-state index >= 15 is 0 Å². The second-order valence-electron chi connectivity index (χ2n) is 2.28. The summed E-state index contributed by atoms with van der Waals surface area (Å²) < 4.78 is 17.6. The number of halogens is 2. The Morgan fingerprint density at radius 1 is 1.62 bits per heavy atom. The summed E-state index contributed by atoms with van der Waals surface area (Å²) in [6, 6.07) is 1.98. The molecule has 1 aromatic rings. The highest BCUT2D eigenvalue weighted by Crippen LogP contribution is 2.28. The Labute approximate surface area is 78.7 Å². The first-order valence-electron chi connectivity index (χ1n) is 3.32. The van der Waals surface area contributed by atoms with Crippen LogP contribution in [0.1, 0.15) is 10.4 Å². The van der Waals surface area contributed by atoms with Gasteiger partial charge >= 0.3 is 5.97 Å². The summed E-state index contributed by atoms with van der Waals surface area (Å²) in [6.45, 7) is 0. The molecule has 0 aliphatic heterocycles. The minimum Gasteiger partial charge on any atom is -0.492 e. The Morgan fingerprint density at radius 2 is 2.23 bits per heavy atom. The molecule has 1 aromatic carbocycles. The number of aromatic carboxylic acids is 1. The van der Waals surface area contributed by atoms with Crippen molar-refractivity contribution in [3.63, 3.8) is 0 Å². The smallest absolute Gasteiger partial charge is 0.335 e. The fourth-order valence-electron chi connectivity index (χ4n) is 0.878. The van der Waals surface area contributed by atoms with Gasteiger partial charge in [0, 0.05) is 0 Å². The second-order valence-corrected chi connectivity index (χ2v) is 2.69. The number of benzene rings is 1. The third-order valence-electron chi connectivity index (χ3n) is 1.45. The molecule has 70 valence electrons. The molecule has 5 heteroatoms. The summed E-state index contributed by atoms with van der Waals surface area (Å²) in [6.07, 6.45) is 0. The molecule has 0 heterocycles. The van der Waals surface area contributed by atoms with E-state index in [-0.39, 0.29) is 16.3 Å². The van der Waals surface area contributed by atoms with Gasteiger partial charge in [-0.2, -0.15) is 0 Å². The van der Waals surface area contributed by atoms with E-state index in [9.17, 15) is 9.18 Å². The number of methoxy groups -OCH3 is 1. The van der Waals surface area contributed by atoms with E-state index in [0.717, 1.165) is 12.1 Å². The van der Waals surface area contributed by atoms with Crippen molar-refractivity contribution in [3.05, 3.63) is 28.5 Å². The van der Waals surface area contributed by atoms with Gasteiger partial charge in [0.2, 0.25) is 0 Å². The minimum atomic E-state index is -1.23. The SMILES string of the molecule is COc1c(F)cc(C(=O)O)cc1Cl. The Hall–Kier alpha value is -1.29. The highest BCUT2D eigenvalue weighted by atomic mass is 35.5. The van der Waals surface area contributed by atoms with E-state index in [1.807, 2.05) is 0 Å². The lowest BCUT2D eigenvalue weighted by Gasteiger charge is -2.04. The maximum atomic E-state index is 13.0. The monoisotopic (exact) mass is 204 g/mol. The predicted molar refractivity (Wildman–Crippen MR) is 44.9 cm³/mol. The lowest BCUT2D eigenvalue weighted by Crippen LogP contribution is -1.99. The Bertz CT molecular complexity index is 328. The van der Waals surface area contributed by atoms with E-state index in [1.165, 1.54) is 7.11 Å². The first-order valence-corrected chi connectivity index (χ1v) is 3.70. The molecular formula is C8H6ClFO3. The summed E-state index contributed by atoms with van der Waals surface area (Å²) in [5.41, 5.74) is -0.205. The molecule has 1 N–H and O–H groups in total. The zero-order valence-corrected chi connectivity index (χ0v) is 7.43. The van der Waals surface area contributed by atoms with Crippen LogP contribution in [0.4, 0.5) is 4.39 Å². The van der Waals surface area contributed by atoms with Gasteiger partial charge in [-0.1, -0.05) is 11.6 Å². The third kappa shape index (κ3) is 1.89. The molecule has 0 spiro atoms. The molecule has 0 amide bonds. The van der Waals surface area contributed by atoms with Crippen molar-refractivity contribution in [2.24, 2.45) is 0 Å². The molecule has 0 fully saturated rings. The number of carboxylic acid groups (broad SMARTS) is 1. The van der Waals surface area contributed by atoms with Gasteiger partial charge in [0.1, 0.15) is 0 Å². The molecular weight excluding hydrogens is 199 g/mol. The Balaban J connectivity index is 3.28. The summed E-state index contributed by atoms with van der Waals surface area (Å²) >= 11 is 5.55. The number of ether oxygens (including phenoxy) is 1. The molecule has 0 bridgehead atoms. The number of rotatable bonds is 2. The molecule has 1 rings (SSSR count).